The van der Waals surface area contributed by atoms with E-state index in [0.717, 1.165) is 0 Å². The molecule has 43 heavy (non-hydrogen) atoms. The zero-order valence-corrected chi connectivity index (χ0v) is 24.7. The van der Waals surface area contributed by atoms with Gasteiger partial charge in [0.15, 0.2) is 11.9 Å². The van der Waals surface area contributed by atoms with E-state index in [4.69, 9.17) is 28.7 Å². The highest BCUT2D eigenvalue weighted by molar-refractivity contribution is 5.94. The molecule has 3 amide bonds. The number of rotatable bonds is 19. The molecule has 0 aliphatic heterocycles. The van der Waals surface area contributed by atoms with Gasteiger partial charge < -0.3 is 54.8 Å². The minimum atomic E-state index is -1.27. The molecule has 0 aromatic heterocycles. The summed E-state index contributed by atoms with van der Waals surface area (Å²) in [6, 6.07) is 1.80. The predicted octanol–water partition coefficient (Wildman–Crippen LogP) is -2.05. The second-order valence-electron chi connectivity index (χ2n) is 10.5. The van der Waals surface area contributed by atoms with Crippen molar-refractivity contribution in [3.8, 4) is 5.75 Å². The van der Waals surface area contributed by atoms with Crippen molar-refractivity contribution in [3.05, 3.63) is 29.8 Å². The van der Waals surface area contributed by atoms with Crippen LogP contribution in [0.2, 0.25) is 0 Å². The molecule has 240 valence electrons. The number of carbonyl (C=O) groups is 4. The maximum atomic E-state index is 13.4. The van der Waals surface area contributed by atoms with E-state index in [1.54, 1.807) is 12.1 Å². The molecule has 1 rings (SSSR count). The summed E-state index contributed by atoms with van der Waals surface area (Å²) >= 11 is 0. The number of aliphatic imine (C=N–C) groups is 2. The molecule has 4 atom stereocenters. The van der Waals surface area contributed by atoms with Crippen LogP contribution in [0.1, 0.15) is 51.5 Å². The molecule has 0 saturated heterocycles. The van der Waals surface area contributed by atoms with Crippen LogP contribution in [-0.2, 0) is 25.6 Å². The molecule has 0 heterocycles. The highest BCUT2D eigenvalue weighted by Gasteiger charge is 2.30. The number of aromatic hydroxyl groups is 1. The molecule has 0 radical (unpaired) electrons. The van der Waals surface area contributed by atoms with Crippen molar-refractivity contribution in [2.24, 2.45) is 44.6 Å². The molecule has 16 heteroatoms. The number of amides is 3. The van der Waals surface area contributed by atoms with Gasteiger partial charge in [0.05, 0.1) is 6.04 Å². The first kappa shape index (κ1) is 36.4. The minimum absolute atomic E-state index is 0.0138. The van der Waals surface area contributed by atoms with E-state index >= 15 is 0 Å². The monoisotopic (exact) mass is 606 g/mol. The van der Waals surface area contributed by atoms with Crippen LogP contribution in [0.15, 0.2) is 34.3 Å². The Morgan fingerprint density at radius 2 is 1.23 bits per heavy atom. The molecule has 15 N–H and O–H groups in total. The zero-order valence-electron chi connectivity index (χ0n) is 24.7. The predicted molar refractivity (Wildman–Crippen MR) is 162 cm³/mol. The van der Waals surface area contributed by atoms with Crippen LogP contribution >= 0.6 is 0 Å². The van der Waals surface area contributed by atoms with Crippen molar-refractivity contribution in [1.29, 1.82) is 0 Å². The lowest BCUT2D eigenvalue weighted by molar-refractivity contribution is -0.142. The number of nitrogens with two attached hydrogens (primary N) is 5. The number of carbonyl (C=O) groups excluding carboxylic acids is 3. The van der Waals surface area contributed by atoms with E-state index in [0.29, 0.717) is 5.56 Å². The lowest BCUT2D eigenvalue weighted by Crippen LogP contribution is -2.57. The largest absolute Gasteiger partial charge is 0.508 e. The molecule has 0 saturated carbocycles. The lowest BCUT2D eigenvalue weighted by Gasteiger charge is -2.26. The normalized spacial score (nSPS) is 13.6. The highest BCUT2D eigenvalue weighted by Crippen LogP contribution is 2.12. The van der Waals surface area contributed by atoms with Crippen LogP contribution in [-0.4, -0.2) is 83.1 Å². The molecular formula is C27H46N10O6. The van der Waals surface area contributed by atoms with Crippen LogP contribution in [0, 0.1) is 5.92 Å². The molecule has 0 aliphatic rings. The van der Waals surface area contributed by atoms with E-state index in [-0.39, 0.29) is 75.2 Å². The second-order valence-corrected chi connectivity index (χ2v) is 10.5. The first-order valence-corrected chi connectivity index (χ1v) is 14.0. The topological polar surface area (TPSA) is 300 Å². The molecule has 0 aliphatic carbocycles. The SMILES string of the molecule is CC(C)CC(NC(=O)C(N)Cc1ccc(O)cc1)C(=O)NC(CCCN=C(N)N)C(=O)NC(CCCN=C(N)N)C(=O)O. The number of carboxylic acids is 1. The molecule has 4 unspecified atom stereocenters. The van der Waals surface area contributed by atoms with E-state index in [1.165, 1.54) is 12.1 Å². The molecular weight excluding hydrogens is 560 g/mol. The summed E-state index contributed by atoms with van der Waals surface area (Å²) in [5.41, 5.74) is 28.1. The number of carboxylic acid groups (broad SMARTS) is 1. The summed E-state index contributed by atoms with van der Waals surface area (Å²) < 4.78 is 0. The number of guanidine groups is 2. The Labute approximate surface area is 250 Å². The van der Waals surface area contributed by atoms with Gasteiger partial charge in [-0.05, 0) is 62.1 Å². The number of hydrogen-bond donors (Lipinski definition) is 10. The number of phenolic OH excluding ortho intramolecular Hbond substituents is 1. The van der Waals surface area contributed by atoms with Crippen LogP contribution in [0.3, 0.4) is 0 Å². The number of benzene rings is 1. The van der Waals surface area contributed by atoms with Gasteiger partial charge >= 0.3 is 5.97 Å². The summed E-state index contributed by atoms with van der Waals surface area (Å²) in [7, 11) is 0. The Morgan fingerprint density at radius 1 is 0.767 bits per heavy atom. The fourth-order valence-electron chi connectivity index (χ4n) is 4.04. The molecule has 16 nitrogen and oxygen atoms in total. The van der Waals surface area contributed by atoms with Gasteiger partial charge in [-0.15, -0.1) is 0 Å². The third-order valence-electron chi connectivity index (χ3n) is 6.21. The standard InChI is InChI=1S/C27H46N10O6/c1-15(2)13-21(37-22(39)18(28)14-16-7-9-17(38)10-8-16)24(41)35-19(5-3-11-33-26(29)30)23(40)36-20(25(42)43)6-4-12-34-27(31)32/h7-10,15,18-21,38H,3-6,11-14,28H2,1-2H3,(H,35,41)(H,36,40)(H,37,39)(H,42,43)(H4,29,30,33)(H4,31,32,34). The Bertz CT molecular complexity index is 1120. The van der Waals surface area contributed by atoms with E-state index in [9.17, 15) is 29.4 Å². The lowest BCUT2D eigenvalue weighted by atomic mass is 10.0. The van der Waals surface area contributed by atoms with E-state index < -0.39 is 47.9 Å². The van der Waals surface area contributed by atoms with Crippen molar-refractivity contribution in [1.82, 2.24) is 16.0 Å². The quantitative estimate of drug-likeness (QED) is 0.0464. The van der Waals surface area contributed by atoms with Crippen LogP contribution < -0.4 is 44.6 Å². The number of nitrogens with one attached hydrogen (secondary N) is 3. The zero-order chi connectivity index (χ0) is 32.5. The fraction of sp³-hybridized carbons (Fsp3) is 0.556. The summed E-state index contributed by atoms with van der Waals surface area (Å²) in [5, 5.41) is 26.9. The Hall–Kier alpha value is -4.60. The third-order valence-corrected chi connectivity index (χ3v) is 6.21. The second kappa shape index (κ2) is 18.8. The third kappa shape index (κ3) is 15.3. The van der Waals surface area contributed by atoms with Crippen molar-refractivity contribution in [2.45, 2.75) is 76.5 Å². The first-order chi connectivity index (χ1) is 20.2. The Balaban J connectivity index is 3.03. The van der Waals surface area contributed by atoms with Gasteiger partial charge in [-0.3, -0.25) is 24.4 Å². The van der Waals surface area contributed by atoms with Crippen molar-refractivity contribution < 1.29 is 29.4 Å². The molecule has 0 bridgehead atoms. The van der Waals surface area contributed by atoms with Crippen molar-refractivity contribution >= 4 is 35.6 Å². The van der Waals surface area contributed by atoms with Crippen molar-refractivity contribution in [2.75, 3.05) is 13.1 Å². The Morgan fingerprint density at radius 3 is 1.72 bits per heavy atom. The number of phenols is 1. The van der Waals surface area contributed by atoms with Gasteiger partial charge in [0.2, 0.25) is 17.7 Å². The van der Waals surface area contributed by atoms with Gasteiger partial charge in [0, 0.05) is 13.1 Å². The number of aliphatic carboxylic acids is 1. The summed E-state index contributed by atoms with van der Waals surface area (Å²) in [6.45, 7) is 4.07. The van der Waals surface area contributed by atoms with Gasteiger partial charge in [-0.1, -0.05) is 26.0 Å². The van der Waals surface area contributed by atoms with Crippen LogP contribution in [0.4, 0.5) is 0 Å². The van der Waals surface area contributed by atoms with Crippen molar-refractivity contribution in [3.63, 3.8) is 0 Å². The highest BCUT2D eigenvalue weighted by atomic mass is 16.4. The fourth-order valence-corrected chi connectivity index (χ4v) is 4.04. The van der Waals surface area contributed by atoms with E-state index in [2.05, 4.69) is 25.9 Å². The molecule has 0 spiro atoms. The van der Waals surface area contributed by atoms with Crippen LogP contribution in [0.25, 0.3) is 0 Å². The molecule has 1 aromatic carbocycles. The van der Waals surface area contributed by atoms with Gasteiger partial charge in [-0.25, -0.2) is 4.79 Å². The first-order valence-electron chi connectivity index (χ1n) is 14.0. The summed E-state index contributed by atoms with van der Waals surface area (Å²) in [6.07, 6.45) is 1.10. The number of nitrogens with zero attached hydrogens (tertiary/aromatic N) is 2. The minimum Gasteiger partial charge on any atom is -0.508 e. The van der Waals surface area contributed by atoms with Crippen LogP contribution in [0.5, 0.6) is 5.75 Å². The number of hydrogen-bond acceptors (Lipinski definition) is 8. The average Bonchev–Trinajstić information content (AvgIpc) is 2.91. The molecule has 0 fully saturated rings. The maximum absolute atomic E-state index is 13.4. The van der Waals surface area contributed by atoms with E-state index in [1.807, 2.05) is 13.8 Å². The summed E-state index contributed by atoms with van der Waals surface area (Å²) in [4.78, 5) is 59.0. The maximum Gasteiger partial charge on any atom is 0.326 e. The summed E-state index contributed by atoms with van der Waals surface area (Å²) in [5.74, 6) is -3.42. The van der Waals surface area contributed by atoms with Gasteiger partial charge in [-0.2, -0.15) is 0 Å². The average molecular weight is 607 g/mol. The smallest absolute Gasteiger partial charge is 0.326 e. The van der Waals surface area contributed by atoms with Gasteiger partial charge in [0.25, 0.3) is 0 Å². The van der Waals surface area contributed by atoms with Gasteiger partial charge in [0.1, 0.15) is 23.9 Å². The molecule has 1 aromatic rings. The Kier molecular flexibility index (Phi) is 15.9.